The van der Waals surface area contributed by atoms with E-state index in [4.69, 9.17) is 4.74 Å². The molecule has 1 aromatic carbocycles. The van der Waals surface area contributed by atoms with Crippen molar-refractivity contribution in [3.8, 4) is 0 Å². The lowest BCUT2D eigenvalue weighted by molar-refractivity contribution is 0.0535. The third-order valence-electron chi connectivity index (χ3n) is 1.99. The van der Waals surface area contributed by atoms with Gasteiger partial charge in [-0.3, -0.25) is 4.72 Å². The van der Waals surface area contributed by atoms with E-state index in [1.165, 1.54) is 6.07 Å². The molecule has 0 spiro atoms. The summed E-state index contributed by atoms with van der Waals surface area (Å²) in [6.07, 6.45) is 1.07. The van der Waals surface area contributed by atoms with Gasteiger partial charge in [0.1, 0.15) is 6.61 Å². The lowest BCUT2D eigenvalue weighted by Gasteiger charge is -2.04. The van der Waals surface area contributed by atoms with Crippen LogP contribution >= 0.6 is 0 Å². The Bertz CT molecular complexity index is 521. The number of ether oxygens (including phenoxy) is 1. The fraction of sp³-hybridized carbons (Fsp3) is 0.222. The maximum atomic E-state index is 11.1. The lowest BCUT2D eigenvalue weighted by Crippen LogP contribution is -2.09. The molecule has 1 heterocycles. The third kappa shape index (κ3) is 2.10. The fourth-order valence-electron chi connectivity index (χ4n) is 1.41. The maximum absolute atomic E-state index is 11.1. The summed E-state index contributed by atoms with van der Waals surface area (Å²) in [6, 6.07) is 4.69. The molecule has 0 saturated heterocycles. The molecule has 0 radical (unpaired) electrons. The first-order chi connectivity index (χ1) is 6.96. The number of sulfonamides is 1. The molecule has 1 N–H and O–H groups in total. The minimum atomic E-state index is -3.28. The zero-order chi connectivity index (χ0) is 11.1. The molecule has 0 unspecified atom stereocenters. The number of fused-ring (bicyclic) bond motifs is 1. The van der Waals surface area contributed by atoms with Gasteiger partial charge in [0, 0.05) is 11.3 Å². The molecule has 1 aliphatic rings. The zero-order valence-electron chi connectivity index (χ0n) is 7.98. The second-order valence-electron chi connectivity index (χ2n) is 3.32. The Morgan fingerprint density at radius 2 is 2.13 bits per heavy atom. The van der Waals surface area contributed by atoms with Crippen LogP contribution in [0.3, 0.4) is 0 Å². The van der Waals surface area contributed by atoms with E-state index in [2.05, 4.69) is 4.72 Å². The van der Waals surface area contributed by atoms with Crippen LogP contribution in [-0.4, -0.2) is 20.6 Å². The molecule has 0 amide bonds. The minimum Gasteiger partial charge on any atom is -0.457 e. The number of rotatable bonds is 2. The molecule has 6 heteroatoms. The van der Waals surface area contributed by atoms with Gasteiger partial charge in [0.15, 0.2) is 0 Å². The lowest BCUT2D eigenvalue weighted by atomic mass is 10.1. The number of benzene rings is 1. The van der Waals surface area contributed by atoms with Crippen LogP contribution in [0.5, 0.6) is 0 Å². The Morgan fingerprint density at radius 3 is 2.80 bits per heavy atom. The monoisotopic (exact) mass is 227 g/mol. The molecule has 2 rings (SSSR count). The van der Waals surface area contributed by atoms with Crippen molar-refractivity contribution in [1.29, 1.82) is 0 Å². The van der Waals surface area contributed by atoms with E-state index in [0.29, 0.717) is 16.8 Å². The average molecular weight is 227 g/mol. The highest BCUT2D eigenvalue weighted by Gasteiger charge is 2.21. The van der Waals surface area contributed by atoms with Crippen LogP contribution in [0, 0.1) is 0 Å². The Kier molecular flexibility index (Phi) is 2.15. The van der Waals surface area contributed by atoms with Gasteiger partial charge in [-0.15, -0.1) is 0 Å². The van der Waals surface area contributed by atoms with Crippen molar-refractivity contribution < 1.29 is 17.9 Å². The van der Waals surface area contributed by atoms with Crippen molar-refractivity contribution in [3.05, 3.63) is 29.3 Å². The summed E-state index contributed by atoms with van der Waals surface area (Å²) < 4.78 is 29.0. The summed E-state index contributed by atoms with van der Waals surface area (Å²) in [4.78, 5) is 11.1. The van der Waals surface area contributed by atoms with Crippen LogP contribution in [0.25, 0.3) is 0 Å². The number of hydrogen-bond donors (Lipinski definition) is 1. The number of carbonyl (C=O) groups excluding carboxylic acids is 1. The zero-order valence-corrected chi connectivity index (χ0v) is 8.80. The summed E-state index contributed by atoms with van der Waals surface area (Å²) in [7, 11) is -3.28. The van der Waals surface area contributed by atoms with Gasteiger partial charge in [0.05, 0.1) is 11.8 Å². The molecule has 80 valence electrons. The number of cyclic esters (lactones) is 1. The molecular weight excluding hydrogens is 218 g/mol. The number of hydrogen-bond acceptors (Lipinski definition) is 4. The van der Waals surface area contributed by atoms with Gasteiger partial charge in [-0.2, -0.15) is 0 Å². The molecule has 1 aromatic rings. The van der Waals surface area contributed by atoms with Crippen molar-refractivity contribution >= 4 is 21.7 Å². The van der Waals surface area contributed by atoms with Crippen LogP contribution in [-0.2, 0) is 21.4 Å². The van der Waals surface area contributed by atoms with Gasteiger partial charge in [0.25, 0.3) is 0 Å². The quantitative estimate of drug-likeness (QED) is 0.756. The summed E-state index contributed by atoms with van der Waals surface area (Å²) in [6.45, 7) is 0.202. The van der Waals surface area contributed by atoms with Crippen LogP contribution in [0.4, 0.5) is 5.69 Å². The highest BCUT2D eigenvalue weighted by molar-refractivity contribution is 7.92. The third-order valence-corrected chi connectivity index (χ3v) is 2.59. The first-order valence-corrected chi connectivity index (χ1v) is 6.13. The summed E-state index contributed by atoms with van der Waals surface area (Å²) in [5, 5.41) is 0. The van der Waals surface area contributed by atoms with Gasteiger partial charge < -0.3 is 4.74 Å². The molecule has 5 nitrogen and oxygen atoms in total. The largest absolute Gasteiger partial charge is 0.457 e. The minimum absolute atomic E-state index is 0.202. The van der Waals surface area contributed by atoms with Gasteiger partial charge in [-0.25, -0.2) is 13.2 Å². The van der Waals surface area contributed by atoms with Crippen LogP contribution in [0.2, 0.25) is 0 Å². The van der Waals surface area contributed by atoms with Crippen LogP contribution in [0.1, 0.15) is 15.9 Å². The predicted octanol–water partition coefficient (Wildman–Crippen LogP) is 0.728. The molecule has 0 atom stereocenters. The van der Waals surface area contributed by atoms with Crippen molar-refractivity contribution in [2.75, 3.05) is 11.0 Å². The maximum Gasteiger partial charge on any atom is 0.338 e. The van der Waals surface area contributed by atoms with Crippen LogP contribution < -0.4 is 4.72 Å². The van der Waals surface area contributed by atoms with Crippen molar-refractivity contribution in [1.82, 2.24) is 0 Å². The van der Waals surface area contributed by atoms with E-state index in [1.807, 2.05) is 0 Å². The number of anilines is 1. The SMILES string of the molecule is CS(=O)(=O)Nc1ccc2c(c1)COC2=O. The smallest absolute Gasteiger partial charge is 0.338 e. The van der Waals surface area contributed by atoms with Crippen molar-refractivity contribution in [3.63, 3.8) is 0 Å². The summed E-state index contributed by atoms with van der Waals surface area (Å²) in [5.74, 6) is -0.365. The topological polar surface area (TPSA) is 72.5 Å². The van der Waals surface area contributed by atoms with E-state index in [9.17, 15) is 13.2 Å². The summed E-state index contributed by atoms with van der Waals surface area (Å²) in [5.41, 5.74) is 1.64. The van der Waals surface area contributed by atoms with E-state index in [0.717, 1.165) is 6.26 Å². The molecule has 0 fully saturated rings. The van der Waals surface area contributed by atoms with E-state index in [-0.39, 0.29) is 12.6 Å². The second-order valence-corrected chi connectivity index (χ2v) is 5.07. The van der Waals surface area contributed by atoms with Crippen molar-refractivity contribution in [2.24, 2.45) is 0 Å². The van der Waals surface area contributed by atoms with Crippen molar-refractivity contribution in [2.45, 2.75) is 6.61 Å². The Labute approximate surface area is 87.1 Å². The Balaban J connectivity index is 2.35. The number of esters is 1. The molecule has 0 saturated carbocycles. The van der Waals surface area contributed by atoms with E-state index < -0.39 is 10.0 Å². The Hall–Kier alpha value is -1.56. The van der Waals surface area contributed by atoms with Crippen LogP contribution in [0.15, 0.2) is 18.2 Å². The normalized spacial score (nSPS) is 14.6. The van der Waals surface area contributed by atoms with E-state index in [1.54, 1.807) is 12.1 Å². The molecular formula is C9H9NO4S. The summed E-state index contributed by atoms with van der Waals surface area (Å²) >= 11 is 0. The predicted molar refractivity (Wildman–Crippen MR) is 54.0 cm³/mol. The van der Waals surface area contributed by atoms with Gasteiger partial charge >= 0.3 is 5.97 Å². The average Bonchev–Trinajstić information content (AvgIpc) is 2.45. The second kappa shape index (κ2) is 3.23. The molecule has 0 aromatic heterocycles. The number of carbonyl (C=O) groups is 1. The van der Waals surface area contributed by atoms with Gasteiger partial charge in [0.2, 0.25) is 10.0 Å². The Morgan fingerprint density at radius 1 is 1.40 bits per heavy atom. The molecule has 15 heavy (non-hydrogen) atoms. The molecule has 1 aliphatic heterocycles. The van der Waals surface area contributed by atoms with Gasteiger partial charge in [-0.1, -0.05) is 0 Å². The standard InChI is InChI=1S/C9H9NO4S/c1-15(12,13)10-7-2-3-8-6(4-7)5-14-9(8)11/h2-4,10H,5H2,1H3. The first-order valence-electron chi connectivity index (χ1n) is 4.23. The first kappa shape index (κ1) is 9.97. The van der Waals surface area contributed by atoms with Gasteiger partial charge in [-0.05, 0) is 18.2 Å². The number of nitrogens with one attached hydrogen (secondary N) is 1. The fourth-order valence-corrected chi connectivity index (χ4v) is 1.97. The highest BCUT2D eigenvalue weighted by atomic mass is 32.2. The highest BCUT2D eigenvalue weighted by Crippen LogP contribution is 2.23. The molecule has 0 aliphatic carbocycles. The molecule has 0 bridgehead atoms. The van der Waals surface area contributed by atoms with E-state index >= 15 is 0 Å².